The third-order valence-corrected chi connectivity index (χ3v) is 7.86. The van der Waals surface area contributed by atoms with E-state index in [0.717, 1.165) is 42.3 Å². The lowest BCUT2D eigenvalue weighted by molar-refractivity contribution is 0.262. The fraction of sp³-hybridized carbons (Fsp3) is 0.375. The molecule has 0 radical (unpaired) electrons. The molecule has 1 aliphatic rings. The summed E-state index contributed by atoms with van der Waals surface area (Å²) in [5, 5.41) is 10.6. The topological polar surface area (TPSA) is 75.3 Å². The Hall–Kier alpha value is -3.39. The SMILES string of the molecule is Cc1c(COc2ccc(CNCc3ncn[nH]3)cc2Cl)cccc1-c1cccc(OCCCN2CCCC2)c1C. The first kappa shape index (κ1) is 28.1. The molecule has 210 valence electrons. The molecule has 4 aromatic rings. The lowest BCUT2D eigenvalue weighted by atomic mass is 9.93. The summed E-state index contributed by atoms with van der Waals surface area (Å²) in [5.74, 6) is 2.43. The molecule has 0 spiro atoms. The van der Waals surface area contributed by atoms with Crippen molar-refractivity contribution in [1.82, 2.24) is 25.4 Å². The molecule has 7 nitrogen and oxygen atoms in total. The van der Waals surface area contributed by atoms with Crippen LogP contribution in [0.15, 0.2) is 60.9 Å². The van der Waals surface area contributed by atoms with Crippen molar-refractivity contribution in [3.8, 4) is 22.6 Å². The fourth-order valence-electron chi connectivity index (χ4n) is 5.24. The van der Waals surface area contributed by atoms with Gasteiger partial charge in [0, 0.05) is 13.1 Å². The molecule has 2 N–H and O–H groups in total. The van der Waals surface area contributed by atoms with Crippen LogP contribution in [0.4, 0.5) is 0 Å². The number of aromatic nitrogens is 3. The first-order chi connectivity index (χ1) is 19.6. The van der Waals surface area contributed by atoms with Gasteiger partial charge in [0.25, 0.3) is 0 Å². The van der Waals surface area contributed by atoms with Crippen LogP contribution in [0.3, 0.4) is 0 Å². The molecule has 0 aliphatic carbocycles. The largest absolute Gasteiger partial charge is 0.493 e. The van der Waals surface area contributed by atoms with E-state index in [-0.39, 0.29) is 0 Å². The molecule has 1 saturated heterocycles. The number of hydrogen-bond donors (Lipinski definition) is 2. The van der Waals surface area contributed by atoms with Crippen LogP contribution in [-0.4, -0.2) is 46.3 Å². The molecule has 1 aromatic heterocycles. The Labute approximate surface area is 241 Å². The molecule has 0 unspecified atom stereocenters. The Balaban J connectivity index is 1.19. The second-order valence-electron chi connectivity index (χ2n) is 10.4. The summed E-state index contributed by atoms with van der Waals surface area (Å²) < 4.78 is 12.4. The molecule has 0 amide bonds. The number of ether oxygens (including phenoxy) is 2. The molecule has 8 heteroatoms. The summed E-state index contributed by atoms with van der Waals surface area (Å²) in [7, 11) is 0. The van der Waals surface area contributed by atoms with E-state index < -0.39 is 0 Å². The normalized spacial score (nSPS) is 13.6. The van der Waals surface area contributed by atoms with Crippen LogP contribution in [0, 0.1) is 13.8 Å². The van der Waals surface area contributed by atoms with Crippen LogP contribution in [0.2, 0.25) is 5.02 Å². The van der Waals surface area contributed by atoms with Gasteiger partial charge in [0.2, 0.25) is 0 Å². The number of hydrogen-bond acceptors (Lipinski definition) is 6. The van der Waals surface area contributed by atoms with Crippen LogP contribution in [0.1, 0.15) is 47.3 Å². The van der Waals surface area contributed by atoms with Gasteiger partial charge in [-0.1, -0.05) is 48.0 Å². The Kier molecular flexibility index (Phi) is 9.71. The second kappa shape index (κ2) is 13.8. The van der Waals surface area contributed by atoms with Crippen LogP contribution >= 0.6 is 11.6 Å². The van der Waals surface area contributed by atoms with E-state index in [1.54, 1.807) is 0 Å². The highest BCUT2D eigenvalue weighted by Gasteiger charge is 2.14. The van der Waals surface area contributed by atoms with Gasteiger partial charge in [-0.05, 0) is 97.8 Å². The van der Waals surface area contributed by atoms with Gasteiger partial charge in [-0.3, -0.25) is 5.10 Å². The molecule has 0 saturated carbocycles. The Bertz CT molecular complexity index is 1390. The highest BCUT2D eigenvalue weighted by Crippen LogP contribution is 2.34. The molecule has 0 bridgehead atoms. The maximum Gasteiger partial charge on any atom is 0.138 e. The zero-order valence-electron chi connectivity index (χ0n) is 23.4. The van der Waals surface area contributed by atoms with E-state index in [0.29, 0.717) is 30.5 Å². The van der Waals surface area contributed by atoms with E-state index in [9.17, 15) is 0 Å². The highest BCUT2D eigenvalue weighted by atomic mass is 35.5. The van der Waals surface area contributed by atoms with Crippen molar-refractivity contribution in [3.05, 3.63) is 94.0 Å². The minimum absolute atomic E-state index is 0.439. The molecule has 1 aliphatic heterocycles. The van der Waals surface area contributed by atoms with Crippen molar-refractivity contribution in [2.24, 2.45) is 0 Å². The second-order valence-corrected chi connectivity index (χ2v) is 10.8. The summed E-state index contributed by atoms with van der Waals surface area (Å²) in [4.78, 5) is 6.65. The van der Waals surface area contributed by atoms with Gasteiger partial charge < -0.3 is 19.7 Å². The third kappa shape index (κ3) is 7.22. The average Bonchev–Trinajstić information content (AvgIpc) is 3.67. The minimum Gasteiger partial charge on any atom is -0.493 e. The van der Waals surface area contributed by atoms with E-state index in [4.69, 9.17) is 21.1 Å². The number of likely N-dealkylation sites (tertiary alicyclic amines) is 1. The maximum atomic E-state index is 6.57. The van der Waals surface area contributed by atoms with Gasteiger partial charge in [0.1, 0.15) is 30.3 Å². The quantitative estimate of drug-likeness (QED) is 0.183. The molecule has 1 fully saturated rings. The van der Waals surface area contributed by atoms with Gasteiger partial charge >= 0.3 is 0 Å². The van der Waals surface area contributed by atoms with Gasteiger partial charge in [0.15, 0.2) is 0 Å². The number of rotatable bonds is 13. The van der Waals surface area contributed by atoms with Crippen LogP contribution < -0.4 is 14.8 Å². The van der Waals surface area contributed by atoms with Crippen LogP contribution in [0.25, 0.3) is 11.1 Å². The van der Waals surface area contributed by atoms with Gasteiger partial charge in [-0.15, -0.1) is 0 Å². The lowest BCUT2D eigenvalue weighted by Gasteiger charge is -2.18. The molecular formula is C32H38ClN5O2. The molecule has 3 aromatic carbocycles. The monoisotopic (exact) mass is 559 g/mol. The first-order valence-electron chi connectivity index (χ1n) is 14.1. The highest BCUT2D eigenvalue weighted by molar-refractivity contribution is 6.32. The van der Waals surface area contributed by atoms with E-state index >= 15 is 0 Å². The van der Waals surface area contributed by atoms with Crippen LogP contribution in [0.5, 0.6) is 11.5 Å². The average molecular weight is 560 g/mol. The van der Waals surface area contributed by atoms with Crippen molar-refractivity contribution in [1.29, 1.82) is 0 Å². The maximum absolute atomic E-state index is 6.57. The summed E-state index contributed by atoms with van der Waals surface area (Å²) in [6, 6.07) is 18.6. The smallest absolute Gasteiger partial charge is 0.138 e. The van der Waals surface area contributed by atoms with Gasteiger partial charge in [-0.25, -0.2) is 4.98 Å². The first-order valence-corrected chi connectivity index (χ1v) is 14.5. The zero-order chi connectivity index (χ0) is 27.7. The Morgan fingerprint density at radius 1 is 0.925 bits per heavy atom. The predicted molar refractivity (Wildman–Crippen MR) is 160 cm³/mol. The van der Waals surface area contributed by atoms with Crippen molar-refractivity contribution in [2.45, 2.75) is 52.8 Å². The summed E-state index contributed by atoms with van der Waals surface area (Å²) in [6.45, 7) is 10.3. The van der Waals surface area contributed by atoms with Crippen molar-refractivity contribution < 1.29 is 9.47 Å². The molecular weight excluding hydrogens is 522 g/mol. The number of nitrogens with zero attached hydrogens (tertiary/aromatic N) is 3. The van der Waals surface area contributed by atoms with Gasteiger partial charge in [-0.2, -0.15) is 5.10 Å². The van der Waals surface area contributed by atoms with Crippen molar-refractivity contribution >= 4 is 11.6 Å². The number of aromatic amines is 1. The number of halogens is 1. The predicted octanol–water partition coefficient (Wildman–Crippen LogP) is 6.48. The number of H-pyrrole nitrogens is 1. The van der Waals surface area contributed by atoms with Gasteiger partial charge in [0.05, 0.1) is 18.2 Å². The van der Waals surface area contributed by atoms with E-state index in [1.807, 2.05) is 18.2 Å². The van der Waals surface area contributed by atoms with Crippen molar-refractivity contribution in [3.63, 3.8) is 0 Å². The summed E-state index contributed by atoms with van der Waals surface area (Å²) >= 11 is 6.57. The third-order valence-electron chi connectivity index (χ3n) is 7.56. The standard InChI is InChI=1S/C32H38ClN5O2/c1-23-26(21-40-31-13-12-25(18-29(31)33)19-34-20-32-35-22-36-37-32)8-5-9-27(23)28-10-6-11-30(24(28)2)39-17-7-16-38-14-3-4-15-38/h5-6,8-13,18,22,34H,3-4,7,14-17,19-21H2,1-2H3,(H,35,36,37). The molecule has 2 heterocycles. The summed E-state index contributed by atoms with van der Waals surface area (Å²) in [5.41, 5.74) is 6.95. The summed E-state index contributed by atoms with van der Waals surface area (Å²) in [6.07, 6.45) is 5.21. The number of benzene rings is 3. The molecule has 5 rings (SSSR count). The van der Waals surface area contributed by atoms with Crippen LogP contribution in [-0.2, 0) is 19.7 Å². The molecule has 40 heavy (non-hydrogen) atoms. The lowest BCUT2D eigenvalue weighted by Crippen LogP contribution is -2.22. The minimum atomic E-state index is 0.439. The Morgan fingerprint density at radius 2 is 1.73 bits per heavy atom. The van der Waals surface area contributed by atoms with E-state index in [1.165, 1.54) is 54.5 Å². The zero-order valence-corrected chi connectivity index (χ0v) is 24.1. The molecule has 0 atom stereocenters. The number of nitrogens with one attached hydrogen (secondary N) is 2. The van der Waals surface area contributed by atoms with Crippen molar-refractivity contribution in [2.75, 3.05) is 26.2 Å². The van der Waals surface area contributed by atoms with E-state index in [2.05, 4.69) is 75.6 Å². The Morgan fingerprint density at radius 3 is 2.50 bits per heavy atom. The fourth-order valence-corrected chi connectivity index (χ4v) is 5.50.